The van der Waals surface area contributed by atoms with Gasteiger partial charge in [0, 0.05) is 48.0 Å². The topological polar surface area (TPSA) is 8.17 Å². The van der Waals surface area contributed by atoms with Crippen LogP contribution in [0.5, 0.6) is 0 Å². The van der Waals surface area contributed by atoms with Crippen molar-refractivity contribution >= 4 is 81.1 Å². The number of rotatable bonds is 5. The molecular formula is C46H30N2S. The summed E-state index contributed by atoms with van der Waals surface area (Å²) in [7, 11) is 0. The summed E-state index contributed by atoms with van der Waals surface area (Å²) in [6.45, 7) is 0. The highest BCUT2D eigenvalue weighted by atomic mass is 32.1. The fraction of sp³-hybridized carbons (Fsp3) is 0. The molecule has 230 valence electrons. The van der Waals surface area contributed by atoms with Crippen molar-refractivity contribution in [3.8, 4) is 16.8 Å². The summed E-state index contributed by atoms with van der Waals surface area (Å²) in [5, 5.41) is 7.60. The molecule has 0 aliphatic carbocycles. The maximum absolute atomic E-state index is 2.45. The molecular weight excluding hydrogens is 613 g/mol. The predicted molar refractivity (Wildman–Crippen MR) is 211 cm³/mol. The van der Waals surface area contributed by atoms with Crippen molar-refractivity contribution in [2.45, 2.75) is 0 Å². The second-order valence-electron chi connectivity index (χ2n) is 12.6. The van der Waals surface area contributed by atoms with E-state index in [1.54, 1.807) is 0 Å². The molecule has 0 spiro atoms. The Morgan fingerprint density at radius 1 is 0.408 bits per heavy atom. The van der Waals surface area contributed by atoms with Crippen LogP contribution in [0, 0.1) is 0 Å². The molecule has 2 nitrogen and oxygen atoms in total. The third kappa shape index (κ3) is 4.47. The Labute approximate surface area is 288 Å². The minimum absolute atomic E-state index is 1.12. The lowest BCUT2D eigenvalue weighted by atomic mass is 10.0. The number of para-hydroxylation sites is 1. The Bertz CT molecular complexity index is 2810. The van der Waals surface area contributed by atoms with Crippen LogP contribution in [0.2, 0.25) is 0 Å². The van der Waals surface area contributed by atoms with E-state index in [0.717, 1.165) is 17.1 Å². The van der Waals surface area contributed by atoms with Crippen LogP contribution < -0.4 is 4.90 Å². The van der Waals surface area contributed by atoms with Gasteiger partial charge in [-0.3, -0.25) is 0 Å². The average Bonchev–Trinajstić information content (AvgIpc) is 3.72. The first-order chi connectivity index (χ1) is 24.3. The van der Waals surface area contributed by atoms with E-state index in [9.17, 15) is 0 Å². The SMILES string of the molecule is c1ccc(-c2ccc(N(c3ccc4c(c3)c3c5ccccc5ccc3n4-c3ccccc3)c3cccc4sc5ccccc5c34)cc2)cc1. The summed E-state index contributed by atoms with van der Waals surface area (Å²) in [5.41, 5.74) is 9.42. The van der Waals surface area contributed by atoms with E-state index >= 15 is 0 Å². The van der Waals surface area contributed by atoms with Crippen molar-refractivity contribution in [3.63, 3.8) is 0 Å². The van der Waals surface area contributed by atoms with Crippen LogP contribution >= 0.6 is 11.3 Å². The van der Waals surface area contributed by atoms with E-state index in [-0.39, 0.29) is 0 Å². The first-order valence-electron chi connectivity index (χ1n) is 16.7. The van der Waals surface area contributed by atoms with Crippen molar-refractivity contribution in [2.75, 3.05) is 4.90 Å². The summed E-state index contributed by atoms with van der Waals surface area (Å²) in [5.74, 6) is 0. The number of fused-ring (bicyclic) bond motifs is 8. The largest absolute Gasteiger partial charge is 0.310 e. The van der Waals surface area contributed by atoms with Crippen LogP contribution in [-0.2, 0) is 0 Å². The zero-order valence-electron chi connectivity index (χ0n) is 26.6. The van der Waals surface area contributed by atoms with Gasteiger partial charge < -0.3 is 9.47 Å². The van der Waals surface area contributed by atoms with Crippen molar-refractivity contribution in [3.05, 3.63) is 182 Å². The lowest BCUT2D eigenvalue weighted by Gasteiger charge is -2.27. The smallest absolute Gasteiger partial charge is 0.0554 e. The van der Waals surface area contributed by atoms with E-state index in [1.807, 2.05) is 11.3 Å². The Kier molecular flexibility index (Phi) is 6.39. The molecule has 0 aliphatic rings. The highest BCUT2D eigenvalue weighted by molar-refractivity contribution is 7.26. The number of anilines is 3. The van der Waals surface area contributed by atoms with Crippen molar-refractivity contribution in [1.82, 2.24) is 4.57 Å². The van der Waals surface area contributed by atoms with Gasteiger partial charge in [-0.2, -0.15) is 0 Å². The maximum Gasteiger partial charge on any atom is 0.0554 e. The molecule has 8 aromatic carbocycles. The van der Waals surface area contributed by atoms with Crippen molar-refractivity contribution < 1.29 is 0 Å². The molecule has 10 rings (SSSR count). The van der Waals surface area contributed by atoms with Crippen molar-refractivity contribution in [2.24, 2.45) is 0 Å². The second-order valence-corrected chi connectivity index (χ2v) is 13.6. The van der Waals surface area contributed by atoms with E-state index < -0.39 is 0 Å². The maximum atomic E-state index is 2.45. The summed E-state index contributed by atoms with van der Waals surface area (Å²) >= 11 is 1.86. The number of hydrogen-bond acceptors (Lipinski definition) is 2. The number of benzene rings is 8. The molecule has 0 bridgehead atoms. The van der Waals surface area contributed by atoms with Gasteiger partial charge >= 0.3 is 0 Å². The molecule has 3 heteroatoms. The first kappa shape index (κ1) is 27.9. The van der Waals surface area contributed by atoms with Crippen LogP contribution in [0.4, 0.5) is 17.1 Å². The first-order valence-corrected chi connectivity index (χ1v) is 17.5. The third-order valence-electron chi connectivity index (χ3n) is 9.76. The van der Waals surface area contributed by atoms with Gasteiger partial charge in [-0.25, -0.2) is 0 Å². The molecule has 0 saturated heterocycles. The number of aromatic nitrogens is 1. The molecule has 0 radical (unpaired) electrons. The molecule has 0 unspecified atom stereocenters. The minimum atomic E-state index is 1.12. The number of thiophene rings is 1. The van der Waals surface area contributed by atoms with Crippen LogP contribution in [0.3, 0.4) is 0 Å². The van der Waals surface area contributed by atoms with Gasteiger partial charge in [0.05, 0.1) is 16.7 Å². The van der Waals surface area contributed by atoms with E-state index in [0.29, 0.717) is 0 Å². The number of nitrogens with zero attached hydrogens (tertiary/aromatic N) is 2. The van der Waals surface area contributed by atoms with Crippen LogP contribution in [-0.4, -0.2) is 4.57 Å². The molecule has 2 heterocycles. The average molecular weight is 643 g/mol. The highest BCUT2D eigenvalue weighted by Gasteiger charge is 2.21. The Balaban J connectivity index is 1.27. The Morgan fingerprint density at radius 2 is 1.06 bits per heavy atom. The lowest BCUT2D eigenvalue weighted by Crippen LogP contribution is -2.10. The van der Waals surface area contributed by atoms with Gasteiger partial charge in [0.25, 0.3) is 0 Å². The summed E-state index contributed by atoms with van der Waals surface area (Å²) < 4.78 is 5.00. The van der Waals surface area contributed by atoms with Gasteiger partial charge in [0.15, 0.2) is 0 Å². The van der Waals surface area contributed by atoms with Crippen LogP contribution in [0.15, 0.2) is 182 Å². The predicted octanol–water partition coefficient (Wildman–Crippen LogP) is 13.4. The Hall–Kier alpha value is -6.16. The van der Waals surface area contributed by atoms with Crippen molar-refractivity contribution in [1.29, 1.82) is 0 Å². The second kappa shape index (κ2) is 11.2. The van der Waals surface area contributed by atoms with Gasteiger partial charge in [0.2, 0.25) is 0 Å². The summed E-state index contributed by atoms with van der Waals surface area (Å²) in [6.07, 6.45) is 0. The van der Waals surface area contributed by atoms with Crippen LogP contribution in [0.25, 0.3) is 69.6 Å². The number of hydrogen-bond donors (Lipinski definition) is 0. The molecule has 0 N–H and O–H groups in total. The van der Waals surface area contributed by atoms with E-state index in [2.05, 4.69) is 191 Å². The standard InChI is InChI=1S/C46H30N2S/c1-3-12-31(13-4-1)32-22-25-35(26-23-32)47(41-19-11-21-44-46(41)38-18-9-10-20-43(38)49-44)36-27-29-40-39(30-36)45-37-17-8-7-14-33(37)24-28-42(45)48(40)34-15-5-2-6-16-34/h1-30H. The molecule has 0 aliphatic heterocycles. The fourth-order valence-electron chi connectivity index (χ4n) is 7.58. The molecule has 0 saturated carbocycles. The highest BCUT2D eigenvalue weighted by Crippen LogP contribution is 2.46. The summed E-state index contributed by atoms with van der Waals surface area (Å²) in [4.78, 5) is 2.45. The lowest BCUT2D eigenvalue weighted by molar-refractivity contribution is 1.18. The quantitative estimate of drug-likeness (QED) is 0.181. The minimum Gasteiger partial charge on any atom is -0.310 e. The summed E-state index contributed by atoms with van der Waals surface area (Å²) in [6, 6.07) is 66.2. The normalized spacial score (nSPS) is 11.7. The van der Waals surface area contributed by atoms with Gasteiger partial charge in [-0.15, -0.1) is 11.3 Å². The molecule has 0 amide bonds. The fourth-order valence-corrected chi connectivity index (χ4v) is 8.70. The molecule has 0 fully saturated rings. The molecule has 2 aromatic heterocycles. The van der Waals surface area contributed by atoms with Gasteiger partial charge in [-0.05, 0) is 88.6 Å². The van der Waals surface area contributed by atoms with E-state index in [4.69, 9.17) is 0 Å². The monoisotopic (exact) mass is 642 g/mol. The Morgan fingerprint density at radius 3 is 1.90 bits per heavy atom. The van der Waals surface area contributed by atoms with Gasteiger partial charge in [-0.1, -0.05) is 115 Å². The molecule has 49 heavy (non-hydrogen) atoms. The van der Waals surface area contributed by atoms with Gasteiger partial charge in [0.1, 0.15) is 0 Å². The van der Waals surface area contributed by atoms with Crippen LogP contribution in [0.1, 0.15) is 0 Å². The zero-order valence-corrected chi connectivity index (χ0v) is 27.4. The zero-order chi connectivity index (χ0) is 32.3. The molecule has 10 aromatic rings. The molecule has 0 atom stereocenters. The van der Waals surface area contributed by atoms with E-state index in [1.165, 1.54) is 69.6 Å². The third-order valence-corrected chi connectivity index (χ3v) is 10.9.